The Morgan fingerprint density at radius 2 is 1.88 bits per heavy atom. The highest BCUT2D eigenvalue weighted by Crippen LogP contribution is 2.45. The summed E-state index contributed by atoms with van der Waals surface area (Å²) in [5.41, 5.74) is 1.48. The van der Waals surface area contributed by atoms with Crippen LogP contribution in [0.3, 0.4) is 0 Å². The Hall–Kier alpha value is -0.530. The van der Waals surface area contributed by atoms with Gasteiger partial charge >= 0.3 is 0 Å². The molecule has 0 N–H and O–H groups in total. The van der Waals surface area contributed by atoms with E-state index in [1.54, 1.807) is 0 Å². The van der Waals surface area contributed by atoms with Crippen LogP contribution < -0.4 is 0 Å². The molecule has 0 unspecified atom stereocenters. The van der Waals surface area contributed by atoms with Gasteiger partial charge in [-0.25, -0.2) is 0 Å². The summed E-state index contributed by atoms with van der Waals surface area (Å²) in [6, 6.07) is 10.1. The first-order valence-electron chi connectivity index (χ1n) is 6.64. The Labute approximate surface area is 109 Å². The Morgan fingerprint density at radius 3 is 2.59 bits per heavy atom. The van der Waals surface area contributed by atoms with Crippen molar-refractivity contribution in [3.05, 3.63) is 34.9 Å². The third kappa shape index (κ3) is 1.90. The number of nitrogens with zero attached hydrogens (tertiary/aromatic N) is 1. The van der Waals surface area contributed by atoms with Crippen LogP contribution in [0, 0.1) is 5.92 Å². The molecule has 3 rings (SSSR count). The molecule has 0 aliphatic carbocycles. The van der Waals surface area contributed by atoms with E-state index in [1.165, 1.54) is 24.8 Å². The van der Waals surface area contributed by atoms with Crippen LogP contribution in [0.4, 0.5) is 0 Å². The Bertz CT molecular complexity index is 400. The van der Waals surface area contributed by atoms with E-state index in [0.29, 0.717) is 0 Å². The van der Waals surface area contributed by atoms with Crippen LogP contribution in [-0.2, 0) is 0 Å². The molecule has 1 aromatic carbocycles. The summed E-state index contributed by atoms with van der Waals surface area (Å²) in [6.45, 7) is 2.42. The van der Waals surface area contributed by atoms with E-state index in [9.17, 15) is 0 Å². The van der Waals surface area contributed by atoms with Crippen molar-refractivity contribution in [2.24, 2.45) is 5.92 Å². The first-order chi connectivity index (χ1) is 8.16. The summed E-state index contributed by atoms with van der Waals surface area (Å²) in [6.07, 6.45) is 4.08. The van der Waals surface area contributed by atoms with Gasteiger partial charge in [0.2, 0.25) is 0 Å². The molecule has 2 heteroatoms. The maximum Gasteiger partial charge on any atom is 0.0406 e. The van der Waals surface area contributed by atoms with Gasteiger partial charge in [0.05, 0.1) is 0 Å². The zero-order valence-electron chi connectivity index (χ0n) is 10.6. The van der Waals surface area contributed by atoms with Crippen molar-refractivity contribution in [3.63, 3.8) is 0 Å². The zero-order chi connectivity index (χ0) is 12.0. The predicted octanol–water partition coefficient (Wildman–Crippen LogP) is 3.93. The summed E-state index contributed by atoms with van der Waals surface area (Å²) in [5.74, 6) is 1.49. The van der Waals surface area contributed by atoms with Crippen molar-refractivity contribution in [2.45, 2.75) is 44.2 Å². The third-order valence-corrected chi connectivity index (χ3v) is 5.21. The Morgan fingerprint density at radius 1 is 1.18 bits per heavy atom. The standard InChI is InChI=1S/C15H20ClN/c1-10-14(11-3-5-12(16)6-4-11)9-13-7-8-15(10)17(13)2/h3-6,10,13-15H,7-9H2,1-2H3/t10-,13-,14-,15+/m0/s1. The maximum atomic E-state index is 5.97. The molecule has 2 fully saturated rings. The van der Waals surface area contributed by atoms with E-state index in [4.69, 9.17) is 11.6 Å². The number of fused-ring (bicyclic) bond motifs is 2. The maximum absolute atomic E-state index is 5.97. The van der Waals surface area contributed by atoms with Crippen LogP contribution in [0.25, 0.3) is 0 Å². The second kappa shape index (κ2) is 4.29. The van der Waals surface area contributed by atoms with Crippen LogP contribution in [0.1, 0.15) is 37.7 Å². The molecule has 92 valence electrons. The minimum atomic E-state index is 0.723. The summed E-state index contributed by atoms with van der Waals surface area (Å²) < 4.78 is 0. The molecular weight excluding hydrogens is 230 g/mol. The second-order valence-corrected chi connectivity index (χ2v) is 6.15. The van der Waals surface area contributed by atoms with Gasteiger partial charge in [0.25, 0.3) is 0 Å². The molecule has 0 spiro atoms. The highest BCUT2D eigenvalue weighted by Gasteiger charge is 2.43. The molecule has 2 saturated heterocycles. The van der Waals surface area contributed by atoms with Gasteiger partial charge in [-0.1, -0.05) is 30.7 Å². The SMILES string of the molecule is C[C@H]1[C@@H](c2ccc(Cl)cc2)C[C@@H]2CC[C@H]1N2C. The summed E-state index contributed by atoms with van der Waals surface area (Å²) in [5, 5.41) is 0.845. The third-order valence-electron chi connectivity index (χ3n) is 4.96. The second-order valence-electron chi connectivity index (χ2n) is 5.72. The number of piperidine rings is 1. The Kier molecular flexibility index (Phi) is 2.92. The van der Waals surface area contributed by atoms with Gasteiger partial charge in [0.15, 0.2) is 0 Å². The molecule has 17 heavy (non-hydrogen) atoms. The molecule has 1 nitrogen and oxygen atoms in total. The summed E-state index contributed by atoms with van der Waals surface area (Å²) >= 11 is 5.97. The van der Waals surface area contributed by atoms with Crippen LogP contribution in [0.5, 0.6) is 0 Å². The molecule has 2 aliphatic rings. The van der Waals surface area contributed by atoms with Crippen molar-refractivity contribution >= 4 is 11.6 Å². The molecule has 2 heterocycles. The quantitative estimate of drug-likeness (QED) is 0.729. The van der Waals surface area contributed by atoms with Gasteiger partial charge in [-0.15, -0.1) is 0 Å². The summed E-state index contributed by atoms with van der Waals surface area (Å²) in [7, 11) is 2.30. The van der Waals surface area contributed by atoms with Crippen LogP contribution in [0.2, 0.25) is 5.02 Å². The monoisotopic (exact) mass is 249 g/mol. The van der Waals surface area contributed by atoms with Crippen LogP contribution in [-0.4, -0.2) is 24.0 Å². The lowest BCUT2D eigenvalue weighted by atomic mass is 9.77. The fourth-order valence-electron chi connectivity index (χ4n) is 3.88. The molecule has 0 aromatic heterocycles. The van der Waals surface area contributed by atoms with Gasteiger partial charge < -0.3 is 4.90 Å². The van der Waals surface area contributed by atoms with Gasteiger partial charge in [-0.2, -0.15) is 0 Å². The van der Waals surface area contributed by atoms with Gasteiger partial charge in [0.1, 0.15) is 0 Å². The topological polar surface area (TPSA) is 3.24 Å². The van der Waals surface area contributed by atoms with E-state index < -0.39 is 0 Å². The average Bonchev–Trinajstić information content (AvgIpc) is 2.58. The van der Waals surface area contributed by atoms with Crippen molar-refractivity contribution in [2.75, 3.05) is 7.05 Å². The Balaban J connectivity index is 1.87. The molecule has 0 amide bonds. The van der Waals surface area contributed by atoms with E-state index >= 15 is 0 Å². The minimum Gasteiger partial charge on any atom is -0.300 e. The van der Waals surface area contributed by atoms with Crippen molar-refractivity contribution in [1.82, 2.24) is 4.90 Å². The van der Waals surface area contributed by atoms with Crippen molar-refractivity contribution < 1.29 is 0 Å². The lowest BCUT2D eigenvalue weighted by Crippen LogP contribution is -2.44. The first-order valence-corrected chi connectivity index (χ1v) is 7.02. The fraction of sp³-hybridized carbons (Fsp3) is 0.600. The van der Waals surface area contributed by atoms with Crippen LogP contribution in [0.15, 0.2) is 24.3 Å². The molecular formula is C15H20ClN. The van der Waals surface area contributed by atoms with Crippen molar-refractivity contribution in [3.8, 4) is 0 Å². The smallest absolute Gasteiger partial charge is 0.0406 e. The molecule has 4 atom stereocenters. The highest BCUT2D eigenvalue weighted by molar-refractivity contribution is 6.30. The molecule has 2 bridgehead atoms. The van der Waals surface area contributed by atoms with Crippen molar-refractivity contribution in [1.29, 1.82) is 0 Å². The molecule has 1 aromatic rings. The van der Waals surface area contributed by atoms with Gasteiger partial charge in [-0.3, -0.25) is 0 Å². The number of hydrogen-bond donors (Lipinski definition) is 0. The van der Waals surface area contributed by atoms with Crippen LogP contribution >= 0.6 is 11.6 Å². The minimum absolute atomic E-state index is 0.723. The number of rotatable bonds is 1. The van der Waals surface area contributed by atoms with E-state index in [1.807, 2.05) is 12.1 Å². The molecule has 0 saturated carbocycles. The van der Waals surface area contributed by atoms with E-state index in [2.05, 4.69) is 31.0 Å². The average molecular weight is 250 g/mol. The van der Waals surface area contributed by atoms with E-state index in [0.717, 1.165) is 28.9 Å². The lowest BCUT2D eigenvalue weighted by Gasteiger charge is -2.41. The number of hydrogen-bond acceptors (Lipinski definition) is 1. The number of halogens is 1. The first kappa shape index (κ1) is 11.6. The zero-order valence-corrected chi connectivity index (χ0v) is 11.3. The van der Waals surface area contributed by atoms with Gasteiger partial charge in [0, 0.05) is 17.1 Å². The fourth-order valence-corrected chi connectivity index (χ4v) is 4.01. The van der Waals surface area contributed by atoms with Gasteiger partial charge in [-0.05, 0) is 55.8 Å². The predicted molar refractivity (Wildman–Crippen MR) is 72.5 cm³/mol. The summed E-state index contributed by atoms with van der Waals surface area (Å²) in [4.78, 5) is 2.61. The normalized spacial score (nSPS) is 37.4. The number of benzene rings is 1. The largest absolute Gasteiger partial charge is 0.300 e. The van der Waals surface area contributed by atoms with E-state index in [-0.39, 0.29) is 0 Å². The lowest BCUT2D eigenvalue weighted by molar-refractivity contribution is 0.110. The molecule has 2 aliphatic heterocycles. The molecule has 0 radical (unpaired) electrons. The highest BCUT2D eigenvalue weighted by atomic mass is 35.5.